The maximum Gasteiger partial charge on any atom is 0.257 e. The summed E-state index contributed by atoms with van der Waals surface area (Å²) in [5.41, 5.74) is 1.26. The van der Waals surface area contributed by atoms with Gasteiger partial charge in [0.2, 0.25) is 0 Å². The standard InChI is InChI=1S/C15H24N2O2/c1-11(2)13-5-7-14(8-6-13)19-10-15(18)17-9-12(3)16-4/h5-8,11-12,16H,9-10H2,1-4H3,(H,17,18). The van der Waals surface area contributed by atoms with Gasteiger partial charge in [0.25, 0.3) is 5.91 Å². The second-order valence-electron chi connectivity index (χ2n) is 5.01. The summed E-state index contributed by atoms with van der Waals surface area (Å²) in [6.45, 7) is 6.95. The lowest BCUT2D eigenvalue weighted by atomic mass is 10.0. The van der Waals surface area contributed by atoms with Crippen molar-refractivity contribution in [3.05, 3.63) is 29.8 Å². The third kappa shape index (κ3) is 5.75. The van der Waals surface area contributed by atoms with Crippen LogP contribution in [0.3, 0.4) is 0 Å². The van der Waals surface area contributed by atoms with Crippen LogP contribution in [-0.4, -0.2) is 32.1 Å². The molecule has 0 fully saturated rings. The lowest BCUT2D eigenvalue weighted by molar-refractivity contribution is -0.123. The first-order valence-corrected chi connectivity index (χ1v) is 6.69. The largest absolute Gasteiger partial charge is 0.484 e. The Morgan fingerprint density at radius 3 is 2.37 bits per heavy atom. The van der Waals surface area contributed by atoms with Gasteiger partial charge < -0.3 is 15.4 Å². The Kier molecular flexibility index (Phi) is 6.36. The quantitative estimate of drug-likeness (QED) is 0.791. The number of hydrogen-bond acceptors (Lipinski definition) is 3. The molecule has 0 aliphatic carbocycles. The summed E-state index contributed by atoms with van der Waals surface area (Å²) in [6, 6.07) is 8.12. The highest BCUT2D eigenvalue weighted by molar-refractivity contribution is 5.77. The van der Waals surface area contributed by atoms with Crippen LogP contribution in [0.2, 0.25) is 0 Å². The molecule has 0 aromatic heterocycles. The predicted molar refractivity (Wildman–Crippen MR) is 77.6 cm³/mol. The Bertz CT molecular complexity index is 388. The molecule has 1 atom stereocenters. The summed E-state index contributed by atoms with van der Waals surface area (Å²) >= 11 is 0. The zero-order valence-electron chi connectivity index (χ0n) is 12.2. The molecule has 1 aromatic rings. The number of nitrogens with one attached hydrogen (secondary N) is 2. The van der Waals surface area contributed by atoms with Gasteiger partial charge in [-0.3, -0.25) is 4.79 Å². The highest BCUT2D eigenvalue weighted by Gasteiger charge is 2.05. The van der Waals surface area contributed by atoms with Crippen LogP contribution in [0.1, 0.15) is 32.3 Å². The topological polar surface area (TPSA) is 50.4 Å². The molecule has 1 unspecified atom stereocenters. The van der Waals surface area contributed by atoms with Gasteiger partial charge in [-0.25, -0.2) is 0 Å². The fraction of sp³-hybridized carbons (Fsp3) is 0.533. The van der Waals surface area contributed by atoms with Crippen LogP contribution in [0.5, 0.6) is 5.75 Å². The molecule has 0 aliphatic rings. The molecule has 0 bridgehead atoms. The van der Waals surface area contributed by atoms with Crippen molar-refractivity contribution in [1.82, 2.24) is 10.6 Å². The van der Waals surface area contributed by atoms with Crippen LogP contribution in [0, 0.1) is 0 Å². The minimum absolute atomic E-state index is 0.0530. The smallest absolute Gasteiger partial charge is 0.257 e. The van der Waals surface area contributed by atoms with E-state index in [-0.39, 0.29) is 18.6 Å². The number of hydrogen-bond donors (Lipinski definition) is 2. The molecule has 0 saturated carbocycles. The Morgan fingerprint density at radius 1 is 1.21 bits per heavy atom. The molecule has 0 spiro atoms. The lowest BCUT2D eigenvalue weighted by Crippen LogP contribution is -2.39. The van der Waals surface area contributed by atoms with Crippen molar-refractivity contribution >= 4 is 5.91 Å². The third-order valence-corrected chi connectivity index (χ3v) is 3.01. The van der Waals surface area contributed by atoms with Gasteiger partial charge in [0.05, 0.1) is 0 Å². The second kappa shape index (κ2) is 7.79. The zero-order chi connectivity index (χ0) is 14.3. The van der Waals surface area contributed by atoms with Gasteiger partial charge in [0.1, 0.15) is 5.75 Å². The van der Waals surface area contributed by atoms with Crippen LogP contribution in [0.25, 0.3) is 0 Å². The van der Waals surface area contributed by atoms with Crippen molar-refractivity contribution in [1.29, 1.82) is 0 Å². The summed E-state index contributed by atoms with van der Waals surface area (Å²) in [5.74, 6) is 1.12. The summed E-state index contributed by atoms with van der Waals surface area (Å²) in [4.78, 5) is 11.5. The van der Waals surface area contributed by atoms with Crippen molar-refractivity contribution in [2.45, 2.75) is 32.7 Å². The first-order valence-electron chi connectivity index (χ1n) is 6.69. The number of ether oxygens (including phenoxy) is 1. The monoisotopic (exact) mass is 264 g/mol. The Labute approximate surface area is 115 Å². The molecule has 0 saturated heterocycles. The molecule has 0 heterocycles. The third-order valence-electron chi connectivity index (χ3n) is 3.01. The maximum atomic E-state index is 11.5. The van der Waals surface area contributed by atoms with Crippen molar-refractivity contribution in [2.75, 3.05) is 20.2 Å². The van der Waals surface area contributed by atoms with Gasteiger partial charge in [-0.2, -0.15) is 0 Å². The summed E-state index contributed by atoms with van der Waals surface area (Å²) in [7, 11) is 1.86. The predicted octanol–water partition coefficient (Wildman–Crippen LogP) is 1.91. The average molecular weight is 264 g/mol. The van der Waals surface area contributed by atoms with Crippen molar-refractivity contribution in [3.8, 4) is 5.75 Å². The van der Waals surface area contributed by atoms with Gasteiger partial charge in [0.15, 0.2) is 6.61 Å². The van der Waals surface area contributed by atoms with E-state index < -0.39 is 0 Å². The molecule has 4 heteroatoms. The fourth-order valence-corrected chi connectivity index (χ4v) is 1.52. The number of likely N-dealkylation sites (N-methyl/N-ethyl adjacent to an activating group) is 1. The highest BCUT2D eigenvalue weighted by atomic mass is 16.5. The van der Waals surface area contributed by atoms with E-state index in [4.69, 9.17) is 4.74 Å². The number of benzene rings is 1. The van der Waals surface area contributed by atoms with Crippen molar-refractivity contribution < 1.29 is 9.53 Å². The molecule has 2 N–H and O–H groups in total. The van der Waals surface area contributed by atoms with Crippen LogP contribution in [-0.2, 0) is 4.79 Å². The molecule has 1 amide bonds. The van der Waals surface area contributed by atoms with Crippen LogP contribution >= 0.6 is 0 Å². The molecule has 0 radical (unpaired) electrons. The Morgan fingerprint density at radius 2 is 1.84 bits per heavy atom. The van der Waals surface area contributed by atoms with E-state index in [0.29, 0.717) is 12.5 Å². The minimum Gasteiger partial charge on any atom is -0.484 e. The van der Waals surface area contributed by atoms with Crippen LogP contribution < -0.4 is 15.4 Å². The van der Waals surface area contributed by atoms with Gasteiger partial charge in [-0.1, -0.05) is 26.0 Å². The van der Waals surface area contributed by atoms with Gasteiger partial charge in [-0.05, 0) is 37.6 Å². The molecule has 1 aromatic carbocycles. The van der Waals surface area contributed by atoms with Crippen LogP contribution in [0.15, 0.2) is 24.3 Å². The van der Waals surface area contributed by atoms with E-state index in [2.05, 4.69) is 24.5 Å². The molecular weight excluding hydrogens is 240 g/mol. The van der Waals surface area contributed by atoms with Gasteiger partial charge in [0, 0.05) is 12.6 Å². The van der Waals surface area contributed by atoms with E-state index >= 15 is 0 Å². The number of carbonyl (C=O) groups is 1. The first kappa shape index (κ1) is 15.5. The number of carbonyl (C=O) groups excluding carboxylic acids is 1. The van der Waals surface area contributed by atoms with Gasteiger partial charge in [-0.15, -0.1) is 0 Å². The maximum absolute atomic E-state index is 11.5. The zero-order valence-corrected chi connectivity index (χ0v) is 12.2. The van der Waals surface area contributed by atoms with Crippen LogP contribution in [0.4, 0.5) is 0 Å². The molecular formula is C15H24N2O2. The highest BCUT2D eigenvalue weighted by Crippen LogP contribution is 2.18. The van der Waals surface area contributed by atoms with Crippen molar-refractivity contribution in [3.63, 3.8) is 0 Å². The molecule has 106 valence electrons. The molecule has 0 aliphatic heterocycles. The number of amides is 1. The molecule has 4 nitrogen and oxygen atoms in total. The van der Waals surface area contributed by atoms with Crippen molar-refractivity contribution in [2.24, 2.45) is 0 Å². The summed E-state index contributed by atoms with van der Waals surface area (Å²) < 4.78 is 5.44. The second-order valence-corrected chi connectivity index (χ2v) is 5.01. The first-order chi connectivity index (χ1) is 9.02. The lowest BCUT2D eigenvalue weighted by Gasteiger charge is -2.12. The molecule has 1 rings (SSSR count). The Balaban J connectivity index is 2.33. The van der Waals surface area contributed by atoms with Gasteiger partial charge >= 0.3 is 0 Å². The Hall–Kier alpha value is -1.55. The normalized spacial score (nSPS) is 12.3. The van der Waals surface area contributed by atoms with E-state index in [1.165, 1.54) is 5.56 Å². The average Bonchev–Trinajstić information content (AvgIpc) is 2.42. The van der Waals surface area contributed by atoms with E-state index in [1.54, 1.807) is 0 Å². The van der Waals surface area contributed by atoms with E-state index in [1.807, 2.05) is 38.2 Å². The SMILES string of the molecule is CNC(C)CNC(=O)COc1ccc(C(C)C)cc1. The molecule has 19 heavy (non-hydrogen) atoms. The van der Waals surface area contributed by atoms with E-state index in [0.717, 1.165) is 5.75 Å². The summed E-state index contributed by atoms with van der Waals surface area (Å²) in [5, 5.41) is 5.86. The number of rotatable bonds is 7. The minimum atomic E-state index is -0.102. The van der Waals surface area contributed by atoms with E-state index in [9.17, 15) is 4.79 Å². The summed E-state index contributed by atoms with van der Waals surface area (Å²) in [6.07, 6.45) is 0. The fourth-order valence-electron chi connectivity index (χ4n) is 1.52.